The van der Waals surface area contributed by atoms with Crippen LogP contribution in [-0.4, -0.2) is 0 Å². The number of hydrogen-bond acceptors (Lipinski definition) is 4. The topological polar surface area (TPSA) is 0 Å². The van der Waals surface area contributed by atoms with Crippen molar-refractivity contribution >= 4 is 54.7 Å². The van der Waals surface area contributed by atoms with Gasteiger partial charge < -0.3 is 0 Å². The Labute approximate surface area is 367 Å². The molecule has 0 radical (unpaired) electrons. The van der Waals surface area contributed by atoms with Crippen LogP contribution in [0.4, 0.5) is 0 Å². The van der Waals surface area contributed by atoms with E-state index in [2.05, 4.69) is 196 Å². The van der Waals surface area contributed by atoms with Gasteiger partial charge in [0.25, 0.3) is 0 Å². The van der Waals surface area contributed by atoms with Crippen molar-refractivity contribution in [3.63, 3.8) is 0 Å². The summed E-state index contributed by atoms with van der Waals surface area (Å²) >= 11 is 7.60. The fourth-order valence-electron chi connectivity index (χ4n) is 10.3. The minimum Gasteiger partial charge on any atom is -0.144 e. The summed E-state index contributed by atoms with van der Waals surface area (Å²) in [5, 5.41) is 4.39. The highest BCUT2D eigenvalue weighted by molar-refractivity contribution is 7.32. The van der Waals surface area contributed by atoms with E-state index in [9.17, 15) is 0 Å². The van der Waals surface area contributed by atoms with Crippen LogP contribution in [0.1, 0.15) is 66.8 Å². The third-order valence-corrected chi connectivity index (χ3v) is 17.6. The first-order valence-electron chi connectivity index (χ1n) is 20.6. The summed E-state index contributed by atoms with van der Waals surface area (Å²) in [6, 6.07) is 61.5. The second-order valence-corrected chi connectivity index (χ2v) is 20.7. The maximum Gasteiger partial charge on any atom is 0.0736 e. The van der Waals surface area contributed by atoms with Crippen molar-refractivity contribution in [2.45, 2.75) is 38.5 Å². The van der Waals surface area contributed by atoms with Crippen LogP contribution < -0.4 is 0 Å². The highest BCUT2D eigenvalue weighted by Crippen LogP contribution is 2.66. The fraction of sp³-hybridized carbons (Fsp3) is 0.107. The van der Waals surface area contributed by atoms with Gasteiger partial charge in [-0.1, -0.05) is 144 Å². The van der Waals surface area contributed by atoms with E-state index in [0.29, 0.717) is 0 Å². The minimum absolute atomic E-state index is 0.521. The lowest BCUT2D eigenvalue weighted by atomic mass is 9.65. The molecule has 0 spiro atoms. The quantitative estimate of drug-likeness (QED) is 0.156. The third-order valence-electron chi connectivity index (χ3n) is 13.2. The van der Waals surface area contributed by atoms with E-state index in [1.54, 1.807) is 0 Å². The molecular weight excluding hydrogens is 801 g/mol. The Morgan fingerprint density at radius 2 is 0.867 bits per heavy atom. The Morgan fingerprint density at radius 1 is 0.383 bits per heavy atom. The largest absolute Gasteiger partial charge is 0.144 e. The van der Waals surface area contributed by atoms with Crippen LogP contribution in [0, 0.1) is 27.7 Å². The second-order valence-electron chi connectivity index (χ2n) is 16.7. The first kappa shape index (κ1) is 36.2. The van der Waals surface area contributed by atoms with Crippen molar-refractivity contribution in [3.05, 3.63) is 235 Å². The van der Waals surface area contributed by atoms with Gasteiger partial charge in [0.2, 0.25) is 0 Å². The lowest BCUT2D eigenvalue weighted by Gasteiger charge is -2.36. The highest BCUT2D eigenvalue weighted by Gasteiger charge is 2.53. The van der Waals surface area contributed by atoms with Gasteiger partial charge >= 0.3 is 0 Å². The van der Waals surface area contributed by atoms with Gasteiger partial charge in [-0.25, -0.2) is 0 Å². The molecule has 0 fully saturated rings. The highest BCUT2D eigenvalue weighted by atomic mass is 32.1. The van der Waals surface area contributed by atoms with Crippen LogP contribution >= 0.6 is 45.3 Å². The van der Waals surface area contributed by atoms with Crippen LogP contribution in [0.2, 0.25) is 0 Å². The summed E-state index contributed by atoms with van der Waals surface area (Å²) in [4.78, 5) is 5.37. The SMILES string of the molecule is Cc1ccc(C2(c3ccc(C)cc3)c3cc(-c4cccs4)ccc3-c3cc4c(cc32)-c2sc3cc(-c5cccs5)sc3c2C4(c2ccc(C)cc2)c2ccc(C)cc2)cc1. The number of benzene rings is 6. The van der Waals surface area contributed by atoms with Gasteiger partial charge in [0.15, 0.2) is 0 Å². The molecule has 10 aromatic rings. The Balaban J connectivity index is 1.24. The Morgan fingerprint density at radius 3 is 1.40 bits per heavy atom. The summed E-state index contributed by atoms with van der Waals surface area (Å²) in [7, 11) is 0. The predicted molar refractivity (Wildman–Crippen MR) is 260 cm³/mol. The van der Waals surface area contributed by atoms with Crippen molar-refractivity contribution < 1.29 is 0 Å². The standard InChI is InChI=1S/C56H40S4/c1-33-9-18-38(19-10-33)55(39-20-11-34(2)12-21-39)45-29-37(48-7-5-27-57-48)17-26-42(45)43-30-47-44(31-46(43)55)53-52(54-51(60-53)32-50(59-54)49-8-6-28-58-49)56(47,40-22-13-35(3)14-23-40)41-24-15-36(4)16-25-41/h5-32H,1-4H3. The van der Waals surface area contributed by atoms with Crippen molar-refractivity contribution in [3.8, 4) is 41.8 Å². The number of rotatable bonds is 6. The molecule has 2 aliphatic carbocycles. The molecule has 12 rings (SSSR count). The lowest BCUT2D eigenvalue weighted by molar-refractivity contribution is 0.761. The van der Waals surface area contributed by atoms with Crippen molar-refractivity contribution in [2.75, 3.05) is 0 Å². The summed E-state index contributed by atoms with van der Waals surface area (Å²) < 4.78 is 2.77. The van der Waals surface area contributed by atoms with Crippen LogP contribution in [0.5, 0.6) is 0 Å². The van der Waals surface area contributed by atoms with E-state index >= 15 is 0 Å². The first-order valence-corrected chi connectivity index (χ1v) is 24.0. The summed E-state index contributed by atoms with van der Waals surface area (Å²) in [6.07, 6.45) is 0. The molecule has 0 saturated heterocycles. The van der Waals surface area contributed by atoms with Crippen LogP contribution in [0.15, 0.2) is 168 Å². The number of thiophene rings is 4. The molecule has 4 heterocycles. The molecule has 4 heteroatoms. The lowest BCUT2D eigenvalue weighted by Crippen LogP contribution is -2.30. The minimum atomic E-state index is -0.533. The Kier molecular flexibility index (Phi) is 8.12. The van der Waals surface area contributed by atoms with Crippen molar-refractivity contribution in [2.24, 2.45) is 0 Å². The van der Waals surface area contributed by atoms with Crippen LogP contribution in [0.3, 0.4) is 0 Å². The van der Waals surface area contributed by atoms with Crippen molar-refractivity contribution in [1.29, 1.82) is 0 Å². The summed E-state index contributed by atoms with van der Waals surface area (Å²) in [6.45, 7) is 8.81. The van der Waals surface area contributed by atoms with E-state index in [1.165, 1.54) is 118 Å². The molecule has 0 unspecified atom stereocenters. The average molecular weight is 841 g/mol. The van der Waals surface area contributed by atoms with Crippen LogP contribution in [-0.2, 0) is 10.8 Å². The second kappa shape index (κ2) is 13.4. The predicted octanol–water partition coefficient (Wildman–Crippen LogP) is 16.4. The fourth-order valence-corrected chi connectivity index (χ4v) is 14.7. The zero-order valence-corrected chi connectivity index (χ0v) is 37.1. The van der Waals surface area contributed by atoms with Crippen LogP contribution in [0.25, 0.3) is 51.2 Å². The van der Waals surface area contributed by atoms with Gasteiger partial charge in [0.05, 0.1) is 15.5 Å². The molecule has 288 valence electrons. The van der Waals surface area contributed by atoms with E-state index in [4.69, 9.17) is 0 Å². The maximum absolute atomic E-state index is 2.64. The normalized spacial score (nSPS) is 14.3. The van der Waals surface area contributed by atoms with Crippen molar-refractivity contribution in [1.82, 2.24) is 0 Å². The van der Waals surface area contributed by atoms with Gasteiger partial charge in [-0.05, 0) is 136 Å². The van der Waals surface area contributed by atoms with Gasteiger partial charge in [0, 0.05) is 29.8 Å². The third kappa shape index (κ3) is 5.06. The van der Waals surface area contributed by atoms with E-state index in [1.807, 2.05) is 45.3 Å². The average Bonchev–Trinajstić information content (AvgIpc) is 4.13. The smallest absolute Gasteiger partial charge is 0.0736 e. The number of aryl methyl sites for hydroxylation is 4. The maximum atomic E-state index is 2.64. The summed E-state index contributed by atoms with van der Waals surface area (Å²) in [5.41, 5.74) is 20.0. The number of hydrogen-bond donors (Lipinski definition) is 0. The molecule has 4 aromatic heterocycles. The molecular formula is C56H40S4. The molecule has 6 aromatic carbocycles. The molecule has 0 aliphatic heterocycles. The molecule has 0 bridgehead atoms. The van der Waals surface area contributed by atoms with E-state index < -0.39 is 10.8 Å². The molecule has 0 amide bonds. The Bertz CT molecular complexity index is 3150. The van der Waals surface area contributed by atoms with Gasteiger partial charge in [-0.2, -0.15) is 0 Å². The molecule has 0 saturated carbocycles. The molecule has 0 atom stereocenters. The monoisotopic (exact) mass is 840 g/mol. The van der Waals surface area contributed by atoms with Gasteiger partial charge in [-0.15, -0.1) is 45.3 Å². The van der Waals surface area contributed by atoms with Gasteiger partial charge in [0.1, 0.15) is 0 Å². The molecule has 0 N–H and O–H groups in total. The molecule has 60 heavy (non-hydrogen) atoms. The van der Waals surface area contributed by atoms with E-state index in [-0.39, 0.29) is 0 Å². The van der Waals surface area contributed by atoms with Gasteiger partial charge in [-0.3, -0.25) is 0 Å². The first-order chi connectivity index (χ1) is 29.3. The summed E-state index contributed by atoms with van der Waals surface area (Å²) in [5.74, 6) is 0. The zero-order valence-electron chi connectivity index (χ0n) is 33.8. The zero-order chi connectivity index (χ0) is 40.3. The number of fused-ring (bicyclic) bond motifs is 8. The molecule has 0 nitrogen and oxygen atoms in total. The van der Waals surface area contributed by atoms with E-state index in [0.717, 1.165) is 0 Å². The Hall–Kier alpha value is -5.62. The molecule has 2 aliphatic rings.